The van der Waals surface area contributed by atoms with Crippen molar-refractivity contribution in [3.8, 4) is 0 Å². The molecule has 0 aliphatic carbocycles. The summed E-state index contributed by atoms with van der Waals surface area (Å²) in [6.07, 6.45) is 2.93. The van der Waals surface area contributed by atoms with Gasteiger partial charge in [-0.2, -0.15) is 5.10 Å². The van der Waals surface area contributed by atoms with Crippen molar-refractivity contribution in [1.82, 2.24) is 9.78 Å². The van der Waals surface area contributed by atoms with Crippen LogP contribution in [-0.2, 0) is 24.6 Å². The number of ether oxygens (including phenoxy) is 1. The van der Waals surface area contributed by atoms with Crippen LogP contribution in [0.4, 0.5) is 0 Å². The van der Waals surface area contributed by atoms with Crippen LogP contribution in [0, 0.1) is 5.41 Å². The second-order valence-electron chi connectivity index (χ2n) is 4.87. The van der Waals surface area contributed by atoms with Gasteiger partial charge in [0.2, 0.25) is 0 Å². The van der Waals surface area contributed by atoms with E-state index in [4.69, 9.17) is 10.5 Å². The average Bonchev–Trinajstić information content (AvgIpc) is 2.90. The Balaban J connectivity index is 2.25. The first-order valence-corrected chi connectivity index (χ1v) is 6.89. The first-order chi connectivity index (χ1) is 8.12. The number of rotatable bonds is 4. The number of nitrogens with zero attached hydrogens (tertiary/aromatic N) is 2. The third-order valence-corrected chi connectivity index (χ3v) is 4.58. The van der Waals surface area contributed by atoms with E-state index in [2.05, 4.69) is 28.0 Å². The van der Waals surface area contributed by atoms with Crippen LogP contribution in [0.5, 0.6) is 0 Å². The Morgan fingerprint density at radius 3 is 2.82 bits per heavy atom. The van der Waals surface area contributed by atoms with Crippen molar-refractivity contribution in [2.24, 2.45) is 18.2 Å². The van der Waals surface area contributed by atoms with Gasteiger partial charge in [0, 0.05) is 25.6 Å². The van der Waals surface area contributed by atoms with Crippen LogP contribution in [-0.4, -0.2) is 29.5 Å². The van der Waals surface area contributed by atoms with Crippen LogP contribution in [0.3, 0.4) is 0 Å². The molecule has 1 aliphatic heterocycles. The molecule has 2 rings (SSSR count). The molecular formula is C12H20BrN3O. The van der Waals surface area contributed by atoms with Crippen LogP contribution < -0.4 is 5.73 Å². The molecule has 1 saturated heterocycles. The van der Waals surface area contributed by atoms with E-state index in [9.17, 15) is 0 Å². The predicted octanol–water partition coefficient (Wildman–Crippen LogP) is 1.65. The molecule has 96 valence electrons. The number of hydrogen-bond acceptors (Lipinski definition) is 3. The highest BCUT2D eigenvalue weighted by Crippen LogP contribution is 2.34. The Labute approximate surface area is 111 Å². The van der Waals surface area contributed by atoms with Gasteiger partial charge in [0.15, 0.2) is 0 Å². The van der Waals surface area contributed by atoms with Gasteiger partial charge >= 0.3 is 0 Å². The van der Waals surface area contributed by atoms with Crippen molar-refractivity contribution in [3.63, 3.8) is 0 Å². The molecule has 1 atom stereocenters. The van der Waals surface area contributed by atoms with Crippen LogP contribution in [0.1, 0.15) is 24.7 Å². The third-order valence-electron chi connectivity index (χ3n) is 3.66. The van der Waals surface area contributed by atoms with E-state index in [0.29, 0.717) is 6.54 Å². The number of aromatic nitrogens is 2. The molecular weight excluding hydrogens is 282 g/mol. The summed E-state index contributed by atoms with van der Waals surface area (Å²) in [5, 5.41) is 4.52. The maximum atomic E-state index is 5.93. The summed E-state index contributed by atoms with van der Waals surface area (Å²) in [6, 6.07) is 0. The molecule has 0 aromatic carbocycles. The van der Waals surface area contributed by atoms with Gasteiger partial charge in [0.05, 0.1) is 22.5 Å². The molecule has 1 aromatic rings. The second-order valence-corrected chi connectivity index (χ2v) is 5.66. The molecule has 0 radical (unpaired) electrons. The highest BCUT2D eigenvalue weighted by Gasteiger charge is 2.35. The molecule has 4 nitrogen and oxygen atoms in total. The quantitative estimate of drug-likeness (QED) is 0.920. The van der Waals surface area contributed by atoms with Crippen molar-refractivity contribution < 1.29 is 4.74 Å². The lowest BCUT2D eigenvalue weighted by atomic mass is 9.82. The Morgan fingerprint density at radius 1 is 1.59 bits per heavy atom. The Bertz CT molecular complexity index is 397. The minimum atomic E-state index is 0.0985. The van der Waals surface area contributed by atoms with Crippen molar-refractivity contribution in [3.05, 3.63) is 15.9 Å². The third kappa shape index (κ3) is 2.41. The standard InChI is InChI=1S/C12H20BrN3O/c1-3-9-11(13)10(16(2)15-9)6-12(7-14)4-5-17-8-12/h3-8,14H2,1-2H3. The summed E-state index contributed by atoms with van der Waals surface area (Å²) in [7, 11) is 2.00. The summed E-state index contributed by atoms with van der Waals surface area (Å²) in [6.45, 7) is 4.39. The molecule has 1 aromatic heterocycles. The van der Waals surface area contributed by atoms with Gasteiger partial charge in [-0.3, -0.25) is 4.68 Å². The van der Waals surface area contributed by atoms with Crippen LogP contribution >= 0.6 is 15.9 Å². The average molecular weight is 302 g/mol. The highest BCUT2D eigenvalue weighted by atomic mass is 79.9. The monoisotopic (exact) mass is 301 g/mol. The first kappa shape index (κ1) is 13.1. The van der Waals surface area contributed by atoms with E-state index >= 15 is 0 Å². The van der Waals surface area contributed by atoms with Crippen LogP contribution in [0.15, 0.2) is 4.47 Å². The van der Waals surface area contributed by atoms with Crippen molar-refractivity contribution >= 4 is 15.9 Å². The Kier molecular flexibility index (Phi) is 3.90. The van der Waals surface area contributed by atoms with Gasteiger partial charge in [-0.15, -0.1) is 0 Å². The molecule has 2 heterocycles. The Hall–Kier alpha value is -0.390. The molecule has 0 bridgehead atoms. The van der Waals surface area contributed by atoms with Gasteiger partial charge in [-0.1, -0.05) is 6.92 Å². The Morgan fingerprint density at radius 2 is 2.35 bits per heavy atom. The lowest BCUT2D eigenvalue weighted by Gasteiger charge is -2.25. The van der Waals surface area contributed by atoms with E-state index in [-0.39, 0.29) is 5.41 Å². The van der Waals surface area contributed by atoms with Gasteiger partial charge in [-0.05, 0) is 35.2 Å². The fourth-order valence-corrected chi connectivity index (χ4v) is 3.15. The predicted molar refractivity (Wildman–Crippen MR) is 70.9 cm³/mol. The molecule has 0 amide bonds. The molecule has 2 N–H and O–H groups in total. The molecule has 1 fully saturated rings. The first-order valence-electron chi connectivity index (χ1n) is 6.10. The van der Waals surface area contributed by atoms with Gasteiger partial charge in [0.25, 0.3) is 0 Å². The van der Waals surface area contributed by atoms with Gasteiger partial charge in [0.1, 0.15) is 0 Å². The van der Waals surface area contributed by atoms with E-state index in [1.54, 1.807) is 0 Å². The number of nitrogens with two attached hydrogens (primary N) is 1. The summed E-state index contributed by atoms with van der Waals surface area (Å²) < 4.78 is 8.62. The normalized spacial score (nSPS) is 24.5. The molecule has 0 saturated carbocycles. The van der Waals surface area contributed by atoms with E-state index < -0.39 is 0 Å². The van der Waals surface area contributed by atoms with Crippen molar-refractivity contribution in [1.29, 1.82) is 0 Å². The molecule has 1 aliphatic rings. The SMILES string of the molecule is CCc1nn(C)c(CC2(CN)CCOC2)c1Br. The van der Waals surface area contributed by atoms with Crippen molar-refractivity contribution in [2.75, 3.05) is 19.8 Å². The summed E-state index contributed by atoms with van der Waals surface area (Å²) in [5.41, 5.74) is 8.38. The highest BCUT2D eigenvalue weighted by molar-refractivity contribution is 9.10. The largest absolute Gasteiger partial charge is 0.381 e. The lowest BCUT2D eigenvalue weighted by Crippen LogP contribution is -2.34. The fourth-order valence-electron chi connectivity index (χ4n) is 2.39. The molecule has 0 spiro atoms. The second kappa shape index (κ2) is 5.08. The topological polar surface area (TPSA) is 53.1 Å². The minimum absolute atomic E-state index is 0.0985. The summed E-state index contributed by atoms with van der Waals surface area (Å²) >= 11 is 3.66. The fraction of sp³-hybridized carbons (Fsp3) is 0.750. The molecule has 5 heteroatoms. The van der Waals surface area contributed by atoms with Gasteiger partial charge < -0.3 is 10.5 Å². The zero-order valence-electron chi connectivity index (χ0n) is 10.5. The van der Waals surface area contributed by atoms with Crippen LogP contribution in [0.25, 0.3) is 0 Å². The molecule has 1 unspecified atom stereocenters. The lowest BCUT2D eigenvalue weighted by molar-refractivity contribution is 0.153. The maximum absolute atomic E-state index is 5.93. The maximum Gasteiger partial charge on any atom is 0.0766 e. The van der Waals surface area contributed by atoms with Crippen molar-refractivity contribution in [2.45, 2.75) is 26.2 Å². The number of halogens is 1. The van der Waals surface area contributed by atoms with Gasteiger partial charge in [-0.25, -0.2) is 0 Å². The number of hydrogen-bond donors (Lipinski definition) is 1. The van der Waals surface area contributed by atoms with E-state index in [1.165, 1.54) is 5.69 Å². The van der Waals surface area contributed by atoms with E-state index in [1.807, 2.05) is 11.7 Å². The zero-order chi connectivity index (χ0) is 12.5. The smallest absolute Gasteiger partial charge is 0.0766 e. The summed E-state index contributed by atoms with van der Waals surface area (Å²) in [5.74, 6) is 0. The summed E-state index contributed by atoms with van der Waals surface area (Å²) in [4.78, 5) is 0. The minimum Gasteiger partial charge on any atom is -0.381 e. The zero-order valence-corrected chi connectivity index (χ0v) is 12.1. The number of aryl methyl sites for hydroxylation is 2. The van der Waals surface area contributed by atoms with Crippen LogP contribution in [0.2, 0.25) is 0 Å². The molecule has 17 heavy (non-hydrogen) atoms. The van der Waals surface area contributed by atoms with E-state index in [0.717, 1.165) is 42.6 Å².